The number of hydrogen-bond donors (Lipinski definition) is 1. The molecule has 0 saturated carbocycles. The predicted molar refractivity (Wildman–Crippen MR) is 67.4 cm³/mol. The van der Waals surface area contributed by atoms with E-state index >= 15 is 0 Å². The lowest BCUT2D eigenvalue weighted by molar-refractivity contribution is 0.303. The standard InChI is InChI=1S/C14H22O2/c1-5-7-8-16-14-11(4)10(3)13(15)9-12(14)6-2/h9,15H,5-8H2,1-4H3. The van der Waals surface area contributed by atoms with Crippen molar-refractivity contribution in [2.75, 3.05) is 6.61 Å². The summed E-state index contributed by atoms with van der Waals surface area (Å²) in [6.07, 6.45) is 3.09. The minimum atomic E-state index is 0.372. The van der Waals surface area contributed by atoms with Gasteiger partial charge in [0.25, 0.3) is 0 Å². The molecule has 0 aliphatic carbocycles. The summed E-state index contributed by atoms with van der Waals surface area (Å²) in [6.45, 7) is 8.93. The van der Waals surface area contributed by atoms with Crippen molar-refractivity contribution in [2.45, 2.75) is 47.0 Å². The zero-order valence-electron chi connectivity index (χ0n) is 10.8. The molecule has 1 rings (SSSR count). The van der Waals surface area contributed by atoms with Gasteiger partial charge in [-0.05, 0) is 49.4 Å². The van der Waals surface area contributed by atoms with E-state index in [9.17, 15) is 5.11 Å². The minimum absolute atomic E-state index is 0.372. The maximum atomic E-state index is 9.75. The van der Waals surface area contributed by atoms with Gasteiger partial charge in [0.15, 0.2) is 0 Å². The van der Waals surface area contributed by atoms with Crippen molar-refractivity contribution in [1.29, 1.82) is 0 Å². The first-order chi connectivity index (χ1) is 7.61. The van der Waals surface area contributed by atoms with Crippen LogP contribution in [-0.4, -0.2) is 11.7 Å². The molecule has 0 aliphatic rings. The van der Waals surface area contributed by atoms with Crippen molar-refractivity contribution < 1.29 is 9.84 Å². The second kappa shape index (κ2) is 5.78. The van der Waals surface area contributed by atoms with Gasteiger partial charge < -0.3 is 9.84 Å². The molecule has 0 fully saturated rings. The average molecular weight is 222 g/mol. The molecule has 0 aromatic heterocycles. The average Bonchev–Trinajstić information content (AvgIpc) is 2.29. The van der Waals surface area contributed by atoms with Crippen molar-refractivity contribution in [2.24, 2.45) is 0 Å². The summed E-state index contributed by atoms with van der Waals surface area (Å²) in [7, 11) is 0. The Bertz CT molecular complexity index is 356. The fourth-order valence-electron chi connectivity index (χ4n) is 1.72. The van der Waals surface area contributed by atoms with Crippen LogP contribution >= 0.6 is 0 Å². The molecule has 0 atom stereocenters. The number of rotatable bonds is 5. The van der Waals surface area contributed by atoms with Crippen molar-refractivity contribution in [3.63, 3.8) is 0 Å². The van der Waals surface area contributed by atoms with E-state index < -0.39 is 0 Å². The summed E-state index contributed by atoms with van der Waals surface area (Å²) in [5.41, 5.74) is 3.08. The summed E-state index contributed by atoms with van der Waals surface area (Å²) in [5, 5.41) is 9.75. The molecular weight excluding hydrogens is 200 g/mol. The van der Waals surface area contributed by atoms with Gasteiger partial charge in [-0.15, -0.1) is 0 Å². The fourth-order valence-corrected chi connectivity index (χ4v) is 1.72. The van der Waals surface area contributed by atoms with Gasteiger partial charge in [-0.1, -0.05) is 20.3 Å². The molecule has 1 N–H and O–H groups in total. The highest BCUT2D eigenvalue weighted by Gasteiger charge is 2.12. The van der Waals surface area contributed by atoms with Crippen LogP contribution in [0, 0.1) is 13.8 Å². The van der Waals surface area contributed by atoms with Gasteiger partial charge >= 0.3 is 0 Å². The SMILES string of the molecule is CCCCOc1c(CC)cc(O)c(C)c1C. The third-order valence-corrected chi connectivity index (χ3v) is 3.02. The predicted octanol–water partition coefficient (Wildman–Crippen LogP) is 3.75. The van der Waals surface area contributed by atoms with Gasteiger partial charge in [0.05, 0.1) is 6.61 Å². The monoisotopic (exact) mass is 222 g/mol. The van der Waals surface area contributed by atoms with Crippen LogP contribution in [0.5, 0.6) is 11.5 Å². The third-order valence-electron chi connectivity index (χ3n) is 3.02. The fraction of sp³-hybridized carbons (Fsp3) is 0.571. The lowest BCUT2D eigenvalue weighted by atomic mass is 10.0. The second-order valence-electron chi connectivity index (χ2n) is 4.19. The molecular formula is C14H22O2. The Labute approximate surface area is 98.3 Å². The molecule has 0 aliphatic heterocycles. The van der Waals surface area contributed by atoms with Crippen LogP contribution in [0.1, 0.15) is 43.4 Å². The Kier molecular flexibility index (Phi) is 4.66. The number of phenols is 1. The zero-order valence-corrected chi connectivity index (χ0v) is 10.8. The molecule has 0 unspecified atom stereocenters. The summed E-state index contributed by atoms with van der Waals surface area (Å²) in [4.78, 5) is 0. The Hall–Kier alpha value is -1.18. The van der Waals surface area contributed by atoms with E-state index in [1.54, 1.807) is 0 Å². The highest BCUT2D eigenvalue weighted by molar-refractivity contribution is 5.52. The van der Waals surface area contributed by atoms with Gasteiger partial charge in [0.2, 0.25) is 0 Å². The third kappa shape index (κ3) is 2.69. The molecule has 2 heteroatoms. The number of aryl methyl sites for hydroxylation is 1. The minimum Gasteiger partial charge on any atom is -0.508 e. The number of hydrogen-bond acceptors (Lipinski definition) is 2. The molecule has 1 aromatic rings. The van der Waals surface area contributed by atoms with E-state index in [4.69, 9.17) is 4.74 Å². The molecule has 0 amide bonds. The largest absolute Gasteiger partial charge is 0.508 e. The molecule has 0 spiro atoms. The first kappa shape index (κ1) is 12.9. The van der Waals surface area contributed by atoms with E-state index in [0.717, 1.165) is 48.3 Å². The lowest BCUT2D eigenvalue weighted by Gasteiger charge is -2.16. The number of phenolic OH excluding ortho intramolecular Hbond substituents is 1. The van der Waals surface area contributed by atoms with Crippen LogP contribution in [0.25, 0.3) is 0 Å². The van der Waals surface area contributed by atoms with Gasteiger partial charge in [0.1, 0.15) is 11.5 Å². The second-order valence-corrected chi connectivity index (χ2v) is 4.19. The van der Waals surface area contributed by atoms with Crippen LogP contribution in [0.2, 0.25) is 0 Å². The highest BCUT2D eigenvalue weighted by atomic mass is 16.5. The van der Waals surface area contributed by atoms with Gasteiger partial charge in [-0.25, -0.2) is 0 Å². The summed E-state index contributed by atoms with van der Waals surface area (Å²) in [6, 6.07) is 1.82. The van der Waals surface area contributed by atoms with Crippen molar-refractivity contribution in [3.05, 3.63) is 22.8 Å². The van der Waals surface area contributed by atoms with E-state index in [0.29, 0.717) is 5.75 Å². The molecule has 2 nitrogen and oxygen atoms in total. The number of aromatic hydroxyl groups is 1. The van der Waals surface area contributed by atoms with Crippen molar-refractivity contribution >= 4 is 0 Å². The van der Waals surface area contributed by atoms with Crippen LogP contribution in [0.3, 0.4) is 0 Å². The molecule has 0 saturated heterocycles. The van der Waals surface area contributed by atoms with Gasteiger partial charge in [0, 0.05) is 0 Å². The first-order valence-corrected chi connectivity index (χ1v) is 6.06. The van der Waals surface area contributed by atoms with E-state index in [1.807, 2.05) is 19.9 Å². The smallest absolute Gasteiger partial charge is 0.125 e. The zero-order chi connectivity index (χ0) is 12.1. The van der Waals surface area contributed by atoms with Crippen LogP contribution in [0.15, 0.2) is 6.07 Å². The van der Waals surface area contributed by atoms with Crippen molar-refractivity contribution in [1.82, 2.24) is 0 Å². The molecule has 90 valence electrons. The summed E-state index contributed by atoms with van der Waals surface area (Å²) in [5.74, 6) is 1.34. The normalized spacial score (nSPS) is 10.5. The van der Waals surface area contributed by atoms with Crippen LogP contribution in [0.4, 0.5) is 0 Å². The Morgan fingerprint density at radius 1 is 1.19 bits per heavy atom. The van der Waals surface area contributed by atoms with Gasteiger partial charge in [-0.2, -0.15) is 0 Å². The number of unbranched alkanes of at least 4 members (excludes halogenated alkanes) is 1. The van der Waals surface area contributed by atoms with Gasteiger partial charge in [-0.3, -0.25) is 0 Å². The molecule has 0 bridgehead atoms. The Morgan fingerprint density at radius 3 is 2.44 bits per heavy atom. The molecule has 0 radical (unpaired) electrons. The number of ether oxygens (including phenoxy) is 1. The Morgan fingerprint density at radius 2 is 1.88 bits per heavy atom. The molecule has 0 heterocycles. The van der Waals surface area contributed by atoms with E-state index in [2.05, 4.69) is 13.8 Å². The van der Waals surface area contributed by atoms with E-state index in [1.165, 1.54) is 0 Å². The van der Waals surface area contributed by atoms with E-state index in [-0.39, 0.29) is 0 Å². The highest BCUT2D eigenvalue weighted by Crippen LogP contribution is 2.33. The van der Waals surface area contributed by atoms with Crippen molar-refractivity contribution in [3.8, 4) is 11.5 Å². The summed E-state index contributed by atoms with van der Waals surface area (Å²) >= 11 is 0. The van der Waals surface area contributed by atoms with Crippen LogP contribution in [-0.2, 0) is 6.42 Å². The maximum Gasteiger partial charge on any atom is 0.125 e. The Balaban J connectivity index is 3.00. The van der Waals surface area contributed by atoms with Crippen LogP contribution < -0.4 is 4.74 Å². The number of benzene rings is 1. The molecule has 1 aromatic carbocycles. The topological polar surface area (TPSA) is 29.5 Å². The summed E-state index contributed by atoms with van der Waals surface area (Å²) < 4.78 is 5.82. The quantitative estimate of drug-likeness (QED) is 0.769. The first-order valence-electron chi connectivity index (χ1n) is 6.06. The maximum absolute atomic E-state index is 9.75. The molecule has 16 heavy (non-hydrogen) atoms. The lowest BCUT2D eigenvalue weighted by Crippen LogP contribution is -2.02.